The van der Waals surface area contributed by atoms with E-state index in [-0.39, 0.29) is 17.8 Å². The minimum atomic E-state index is -0.253. The fraction of sp³-hybridized carbons (Fsp3) is 0.316. The molecule has 116 valence electrons. The molecule has 0 spiro atoms. The number of carbonyl (C=O) groups excluding carboxylic acids is 1. The van der Waals surface area contributed by atoms with Gasteiger partial charge in [0.2, 0.25) is 5.91 Å². The van der Waals surface area contributed by atoms with Crippen LogP contribution in [0.5, 0.6) is 0 Å². The lowest BCUT2D eigenvalue weighted by atomic mass is 10.00. The number of rotatable bonds is 5. The predicted molar refractivity (Wildman–Crippen MR) is 87.2 cm³/mol. The largest absolute Gasteiger partial charge is 0.350 e. The molecule has 2 aromatic rings. The van der Waals surface area contributed by atoms with E-state index in [1.54, 1.807) is 12.1 Å². The van der Waals surface area contributed by atoms with E-state index in [0.717, 1.165) is 11.1 Å². The summed E-state index contributed by atoms with van der Waals surface area (Å²) in [6.07, 6.45) is 1.02. The summed E-state index contributed by atoms with van der Waals surface area (Å²) in [7, 11) is 0. The molecule has 22 heavy (non-hydrogen) atoms. The Labute approximate surface area is 131 Å². The Morgan fingerprint density at radius 2 is 1.82 bits per heavy atom. The van der Waals surface area contributed by atoms with Crippen LogP contribution in [0.3, 0.4) is 0 Å². The average Bonchev–Trinajstić information content (AvgIpc) is 2.46. The summed E-state index contributed by atoms with van der Waals surface area (Å²) in [4.78, 5) is 12.1. The van der Waals surface area contributed by atoms with Gasteiger partial charge in [0.15, 0.2) is 0 Å². The molecular formula is C19H22FNO. The number of nitrogens with one attached hydrogen (secondary N) is 1. The standard InChI is InChI=1S/C19H22FNO/c1-13-4-10-18(14(2)12-13)15(3)21-19(22)11-7-16-5-8-17(20)9-6-16/h4-6,8-10,12,15H,7,11H2,1-3H3,(H,21,22). The van der Waals surface area contributed by atoms with Crippen molar-refractivity contribution >= 4 is 5.91 Å². The van der Waals surface area contributed by atoms with Gasteiger partial charge in [0.05, 0.1) is 6.04 Å². The van der Waals surface area contributed by atoms with Crippen LogP contribution in [0.2, 0.25) is 0 Å². The zero-order valence-corrected chi connectivity index (χ0v) is 13.3. The average molecular weight is 299 g/mol. The van der Waals surface area contributed by atoms with Gasteiger partial charge in [-0.1, -0.05) is 35.9 Å². The van der Waals surface area contributed by atoms with E-state index in [4.69, 9.17) is 0 Å². The van der Waals surface area contributed by atoms with Gasteiger partial charge >= 0.3 is 0 Å². The van der Waals surface area contributed by atoms with Crippen molar-refractivity contribution in [1.82, 2.24) is 5.32 Å². The van der Waals surface area contributed by atoms with E-state index in [2.05, 4.69) is 37.4 Å². The van der Waals surface area contributed by atoms with Crippen molar-refractivity contribution in [2.45, 2.75) is 39.7 Å². The first-order valence-electron chi connectivity index (χ1n) is 7.56. The molecule has 0 aromatic heterocycles. The molecule has 1 unspecified atom stereocenters. The first kappa shape index (κ1) is 16.2. The zero-order chi connectivity index (χ0) is 16.1. The Kier molecular flexibility index (Phi) is 5.31. The summed E-state index contributed by atoms with van der Waals surface area (Å²) in [6.45, 7) is 6.11. The van der Waals surface area contributed by atoms with Gasteiger partial charge in [0, 0.05) is 6.42 Å². The minimum absolute atomic E-state index is 0.0109. The summed E-state index contributed by atoms with van der Waals surface area (Å²) in [5.74, 6) is -0.242. The van der Waals surface area contributed by atoms with Crippen molar-refractivity contribution in [2.75, 3.05) is 0 Å². The zero-order valence-electron chi connectivity index (χ0n) is 13.3. The second-order valence-corrected chi connectivity index (χ2v) is 5.78. The fourth-order valence-electron chi connectivity index (χ4n) is 2.61. The summed E-state index contributed by atoms with van der Waals surface area (Å²) in [5.41, 5.74) is 4.51. The van der Waals surface area contributed by atoms with Gasteiger partial charge in [0.1, 0.15) is 5.82 Å². The molecule has 0 heterocycles. The Morgan fingerprint density at radius 1 is 1.14 bits per heavy atom. The number of hydrogen-bond acceptors (Lipinski definition) is 1. The van der Waals surface area contributed by atoms with Crippen LogP contribution in [-0.4, -0.2) is 5.91 Å². The van der Waals surface area contributed by atoms with Gasteiger partial charge in [-0.15, -0.1) is 0 Å². The van der Waals surface area contributed by atoms with E-state index < -0.39 is 0 Å². The summed E-state index contributed by atoms with van der Waals surface area (Å²) < 4.78 is 12.8. The van der Waals surface area contributed by atoms with E-state index in [1.807, 2.05) is 6.92 Å². The minimum Gasteiger partial charge on any atom is -0.350 e. The molecule has 2 rings (SSSR count). The van der Waals surface area contributed by atoms with Gasteiger partial charge in [-0.3, -0.25) is 4.79 Å². The molecule has 0 aliphatic heterocycles. The number of carbonyl (C=O) groups is 1. The highest BCUT2D eigenvalue weighted by atomic mass is 19.1. The van der Waals surface area contributed by atoms with E-state index in [0.29, 0.717) is 12.8 Å². The Hall–Kier alpha value is -2.16. The highest BCUT2D eigenvalue weighted by Gasteiger charge is 2.11. The maximum absolute atomic E-state index is 12.8. The monoisotopic (exact) mass is 299 g/mol. The molecule has 0 aliphatic rings. The topological polar surface area (TPSA) is 29.1 Å². The van der Waals surface area contributed by atoms with Crippen molar-refractivity contribution in [3.05, 3.63) is 70.5 Å². The van der Waals surface area contributed by atoms with Crippen LogP contribution in [0.4, 0.5) is 4.39 Å². The number of hydrogen-bond donors (Lipinski definition) is 1. The molecule has 3 heteroatoms. The molecule has 2 aromatic carbocycles. The first-order chi connectivity index (χ1) is 10.5. The SMILES string of the molecule is Cc1ccc(C(C)NC(=O)CCc2ccc(F)cc2)c(C)c1. The van der Waals surface area contributed by atoms with Crippen LogP contribution in [0.15, 0.2) is 42.5 Å². The lowest BCUT2D eigenvalue weighted by molar-refractivity contribution is -0.121. The lowest BCUT2D eigenvalue weighted by Gasteiger charge is -2.17. The molecule has 1 amide bonds. The van der Waals surface area contributed by atoms with Crippen molar-refractivity contribution in [3.63, 3.8) is 0 Å². The van der Waals surface area contributed by atoms with E-state index >= 15 is 0 Å². The maximum Gasteiger partial charge on any atom is 0.220 e. The molecule has 0 fully saturated rings. The van der Waals surface area contributed by atoms with Crippen molar-refractivity contribution in [3.8, 4) is 0 Å². The Balaban J connectivity index is 1.89. The van der Waals surface area contributed by atoms with Gasteiger partial charge in [-0.2, -0.15) is 0 Å². The molecule has 0 radical (unpaired) electrons. The Morgan fingerprint density at radius 3 is 2.45 bits per heavy atom. The number of aryl methyl sites for hydroxylation is 3. The van der Waals surface area contributed by atoms with Crippen molar-refractivity contribution in [2.24, 2.45) is 0 Å². The van der Waals surface area contributed by atoms with Crippen molar-refractivity contribution < 1.29 is 9.18 Å². The molecule has 1 N–H and O–H groups in total. The highest BCUT2D eigenvalue weighted by molar-refractivity contribution is 5.76. The third-order valence-corrected chi connectivity index (χ3v) is 3.82. The van der Waals surface area contributed by atoms with Crippen LogP contribution < -0.4 is 5.32 Å². The quantitative estimate of drug-likeness (QED) is 0.878. The Bertz CT molecular complexity index is 649. The molecule has 1 atom stereocenters. The predicted octanol–water partition coefficient (Wildman–Crippen LogP) is 4.25. The lowest BCUT2D eigenvalue weighted by Crippen LogP contribution is -2.27. The molecule has 0 saturated heterocycles. The number of amides is 1. The maximum atomic E-state index is 12.8. The van der Waals surface area contributed by atoms with Crippen LogP contribution in [0, 0.1) is 19.7 Å². The third kappa shape index (κ3) is 4.42. The van der Waals surface area contributed by atoms with E-state index in [9.17, 15) is 9.18 Å². The summed E-state index contributed by atoms with van der Waals surface area (Å²) in [5, 5.41) is 3.03. The molecule has 0 bridgehead atoms. The number of halogens is 1. The van der Waals surface area contributed by atoms with Crippen LogP contribution in [-0.2, 0) is 11.2 Å². The second-order valence-electron chi connectivity index (χ2n) is 5.78. The summed E-state index contributed by atoms with van der Waals surface area (Å²) >= 11 is 0. The molecule has 2 nitrogen and oxygen atoms in total. The van der Waals surface area contributed by atoms with Gasteiger partial charge < -0.3 is 5.32 Å². The fourth-order valence-corrected chi connectivity index (χ4v) is 2.61. The molecule has 0 saturated carbocycles. The first-order valence-corrected chi connectivity index (χ1v) is 7.56. The van der Waals surface area contributed by atoms with Crippen LogP contribution in [0.25, 0.3) is 0 Å². The van der Waals surface area contributed by atoms with Crippen LogP contribution >= 0.6 is 0 Å². The second kappa shape index (κ2) is 7.21. The highest BCUT2D eigenvalue weighted by Crippen LogP contribution is 2.18. The van der Waals surface area contributed by atoms with Crippen molar-refractivity contribution in [1.29, 1.82) is 0 Å². The molecule has 0 aliphatic carbocycles. The van der Waals surface area contributed by atoms with E-state index in [1.165, 1.54) is 23.3 Å². The normalized spacial score (nSPS) is 12.0. The van der Waals surface area contributed by atoms with Crippen LogP contribution in [0.1, 0.15) is 41.6 Å². The third-order valence-electron chi connectivity index (χ3n) is 3.82. The van der Waals surface area contributed by atoms with Gasteiger partial charge in [-0.05, 0) is 56.0 Å². The number of benzene rings is 2. The smallest absolute Gasteiger partial charge is 0.220 e. The van der Waals surface area contributed by atoms with Gasteiger partial charge in [0.25, 0.3) is 0 Å². The molecular weight excluding hydrogens is 277 g/mol. The summed E-state index contributed by atoms with van der Waals surface area (Å²) in [6, 6.07) is 12.5. The van der Waals surface area contributed by atoms with Gasteiger partial charge in [-0.25, -0.2) is 4.39 Å².